The summed E-state index contributed by atoms with van der Waals surface area (Å²) < 4.78 is 10.9. The second-order valence-corrected chi connectivity index (χ2v) is 4.50. The Balaban J connectivity index is 2.28. The normalized spacial score (nSPS) is 10.1. The number of rotatable bonds is 4. The van der Waals surface area contributed by atoms with Crippen LogP contribution in [-0.4, -0.2) is 13.4 Å². The van der Waals surface area contributed by atoms with Crippen molar-refractivity contribution in [3.8, 4) is 17.2 Å². The average molecular weight is 261 g/mol. The number of nitrogens with two attached hydrogens (primary N) is 1. The van der Waals surface area contributed by atoms with E-state index in [1.54, 1.807) is 24.9 Å². The Kier molecular flexibility index (Phi) is 3.99. The van der Waals surface area contributed by atoms with Crippen LogP contribution in [0.3, 0.4) is 0 Å². The van der Waals surface area contributed by atoms with Crippen molar-refractivity contribution >= 4 is 17.4 Å². The number of hydrogen-bond acceptors (Lipinski definition) is 4. The standard InChI is InChI=1S/C14H15NO2S/c1-16-10-7-8-12(11(15)9-10)17-13-5-3-4-6-14(13)18-2/h3-9H,15H2,1-2H3. The smallest absolute Gasteiger partial charge is 0.150 e. The number of thioether (sulfide) groups is 1. The van der Waals surface area contributed by atoms with Crippen molar-refractivity contribution in [3.05, 3.63) is 42.5 Å². The summed E-state index contributed by atoms with van der Waals surface area (Å²) >= 11 is 1.64. The molecule has 3 nitrogen and oxygen atoms in total. The molecule has 0 atom stereocenters. The zero-order chi connectivity index (χ0) is 13.0. The van der Waals surface area contributed by atoms with Crippen LogP contribution in [0.5, 0.6) is 17.2 Å². The number of methoxy groups -OCH3 is 1. The number of hydrogen-bond donors (Lipinski definition) is 1. The van der Waals surface area contributed by atoms with E-state index in [0.717, 1.165) is 16.4 Å². The SMILES string of the molecule is COc1ccc(Oc2ccccc2SC)c(N)c1. The second kappa shape index (κ2) is 5.69. The summed E-state index contributed by atoms with van der Waals surface area (Å²) in [5.41, 5.74) is 6.48. The molecule has 4 heteroatoms. The molecular formula is C14H15NO2S. The first-order chi connectivity index (χ1) is 8.74. The molecule has 18 heavy (non-hydrogen) atoms. The van der Waals surface area contributed by atoms with E-state index >= 15 is 0 Å². The maximum Gasteiger partial charge on any atom is 0.150 e. The summed E-state index contributed by atoms with van der Waals surface area (Å²) in [5, 5.41) is 0. The van der Waals surface area contributed by atoms with Gasteiger partial charge in [-0.15, -0.1) is 11.8 Å². The van der Waals surface area contributed by atoms with Crippen molar-refractivity contribution < 1.29 is 9.47 Å². The highest BCUT2D eigenvalue weighted by molar-refractivity contribution is 7.98. The molecule has 2 aromatic carbocycles. The van der Waals surface area contributed by atoms with Crippen LogP contribution in [-0.2, 0) is 0 Å². The summed E-state index contributed by atoms with van der Waals surface area (Å²) in [7, 11) is 1.61. The van der Waals surface area contributed by atoms with Gasteiger partial charge < -0.3 is 15.2 Å². The van der Waals surface area contributed by atoms with Crippen molar-refractivity contribution in [2.75, 3.05) is 19.1 Å². The van der Waals surface area contributed by atoms with Crippen molar-refractivity contribution in [3.63, 3.8) is 0 Å². The molecule has 0 aliphatic carbocycles. The van der Waals surface area contributed by atoms with Crippen LogP contribution in [0.4, 0.5) is 5.69 Å². The van der Waals surface area contributed by atoms with Crippen molar-refractivity contribution in [2.24, 2.45) is 0 Å². The molecule has 0 aliphatic rings. The fourth-order valence-corrected chi connectivity index (χ4v) is 2.09. The van der Waals surface area contributed by atoms with Crippen molar-refractivity contribution in [1.82, 2.24) is 0 Å². The molecule has 0 fully saturated rings. The fourth-order valence-electron chi connectivity index (χ4n) is 1.57. The predicted octanol–water partition coefficient (Wildman–Crippen LogP) is 3.79. The molecule has 2 N–H and O–H groups in total. The van der Waals surface area contributed by atoms with Gasteiger partial charge in [-0.05, 0) is 30.5 Å². The molecule has 0 amide bonds. The maximum absolute atomic E-state index is 5.92. The highest BCUT2D eigenvalue weighted by Crippen LogP contribution is 2.35. The zero-order valence-electron chi connectivity index (χ0n) is 10.3. The van der Waals surface area contributed by atoms with Gasteiger partial charge in [0.25, 0.3) is 0 Å². The summed E-state index contributed by atoms with van der Waals surface area (Å²) in [6.45, 7) is 0. The van der Waals surface area contributed by atoms with Gasteiger partial charge in [0.2, 0.25) is 0 Å². The Labute approximate surface area is 111 Å². The predicted molar refractivity (Wildman–Crippen MR) is 75.7 cm³/mol. The molecule has 0 aliphatic heterocycles. The van der Waals surface area contributed by atoms with E-state index in [0.29, 0.717) is 11.4 Å². The lowest BCUT2D eigenvalue weighted by Crippen LogP contribution is -1.94. The number of ether oxygens (including phenoxy) is 2. The van der Waals surface area contributed by atoms with Gasteiger partial charge in [0.15, 0.2) is 5.75 Å². The number of para-hydroxylation sites is 1. The van der Waals surface area contributed by atoms with Gasteiger partial charge >= 0.3 is 0 Å². The Morgan fingerprint density at radius 1 is 1.06 bits per heavy atom. The molecule has 0 saturated carbocycles. The zero-order valence-corrected chi connectivity index (χ0v) is 11.2. The summed E-state index contributed by atoms with van der Waals surface area (Å²) in [6.07, 6.45) is 2.01. The van der Waals surface area contributed by atoms with Gasteiger partial charge in [-0.3, -0.25) is 0 Å². The highest BCUT2D eigenvalue weighted by Gasteiger charge is 2.07. The molecular weight excluding hydrogens is 246 g/mol. The van der Waals surface area contributed by atoms with Crippen molar-refractivity contribution in [1.29, 1.82) is 0 Å². The molecule has 2 rings (SSSR count). The number of benzene rings is 2. The minimum atomic E-state index is 0.560. The van der Waals surface area contributed by atoms with Crippen LogP contribution in [0.15, 0.2) is 47.4 Å². The van der Waals surface area contributed by atoms with E-state index in [1.807, 2.05) is 42.7 Å². The highest BCUT2D eigenvalue weighted by atomic mass is 32.2. The molecule has 94 valence electrons. The molecule has 0 heterocycles. The van der Waals surface area contributed by atoms with Crippen LogP contribution in [0.1, 0.15) is 0 Å². The lowest BCUT2D eigenvalue weighted by molar-refractivity contribution is 0.413. The van der Waals surface area contributed by atoms with Crippen LogP contribution in [0, 0.1) is 0 Å². The third-order valence-corrected chi connectivity index (χ3v) is 3.28. The van der Waals surface area contributed by atoms with Gasteiger partial charge in [-0.2, -0.15) is 0 Å². The van der Waals surface area contributed by atoms with Gasteiger partial charge in [-0.25, -0.2) is 0 Å². The quantitative estimate of drug-likeness (QED) is 0.671. The molecule has 0 spiro atoms. The molecule has 2 aromatic rings. The maximum atomic E-state index is 5.92. The van der Waals surface area contributed by atoms with Crippen LogP contribution >= 0.6 is 11.8 Å². The lowest BCUT2D eigenvalue weighted by atomic mass is 10.2. The monoisotopic (exact) mass is 261 g/mol. The summed E-state index contributed by atoms with van der Waals surface area (Å²) in [6, 6.07) is 13.2. The molecule has 0 saturated heterocycles. The number of nitrogen functional groups attached to an aromatic ring is 1. The van der Waals surface area contributed by atoms with E-state index in [2.05, 4.69) is 0 Å². The van der Waals surface area contributed by atoms with Crippen molar-refractivity contribution in [2.45, 2.75) is 4.90 Å². The summed E-state index contributed by atoms with van der Waals surface area (Å²) in [5.74, 6) is 2.16. The Morgan fingerprint density at radius 2 is 1.83 bits per heavy atom. The van der Waals surface area contributed by atoms with Gasteiger partial charge in [0.05, 0.1) is 12.8 Å². The topological polar surface area (TPSA) is 44.5 Å². The third-order valence-electron chi connectivity index (χ3n) is 2.51. The third kappa shape index (κ3) is 2.71. The molecule has 0 unspecified atom stereocenters. The van der Waals surface area contributed by atoms with E-state index in [-0.39, 0.29) is 0 Å². The van der Waals surface area contributed by atoms with E-state index < -0.39 is 0 Å². The number of anilines is 1. The van der Waals surface area contributed by atoms with Crippen LogP contribution in [0.25, 0.3) is 0 Å². The van der Waals surface area contributed by atoms with Gasteiger partial charge in [-0.1, -0.05) is 12.1 Å². The molecule has 0 radical (unpaired) electrons. The van der Waals surface area contributed by atoms with Gasteiger partial charge in [0.1, 0.15) is 11.5 Å². The Bertz CT molecular complexity index is 543. The molecule has 0 bridgehead atoms. The van der Waals surface area contributed by atoms with Crippen LogP contribution in [0.2, 0.25) is 0 Å². The van der Waals surface area contributed by atoms with Gasteiger partial charge in [0, 0.05) is 11.0 Å². The first-order valence-corrected chi connectivity index (χ1v) is 6.71. The summed E-state index contributed by atoms with van der Waals surface area (Å²) in [4.78, 5) is 1.08. The van der Waals surface area contributed by atoms with E-state index in [1.165, 1.54) is 0 Å². The average Bonchev–Trinajstić information content (AvgIpc) is 2.41. The Hall–Kier alpha value is -1.81. The largest absolute Gasteiger partial charge is 0.497 e. The van der Waals surface area contributed by atoms with E-state index in [4.69, 9.17) is 15.2 Å². The Morgan fingerprint density at radius 3 is 2.50 bits per heavy atom. The minimum Gasteiger partial charge on any atom is -0.497 e. The van der Waals surface area contributed by atoms with Crippen LogP contribution < -0.4 is 15.2 Å². The molecule has 0 aromatic heterocycles. The minimum absolute atomic E-state index is 0.560. The fraction of sp³-hybridized carbons (Fsp3) is 0.143. The second-order valence-electron chi connectivity index (χ2n) is 3.66. The van der Waals surface area contributed by atoms with E-state index in [9.17, 15) is 0 Å². The first-order valence-electron chi connectivity index (χ1n) is 5.49. The first kappa shape index (κ1) is 12.6. The lowest BCUT2D eigenvalue weighted by Gasteiger charge is -2.12.